The predicted molar refractivity (Wildman–Crippen MR) is 57.5 cm³/mol. The number of hydrogen-bond acceptors (Lipinski definition) is 3. The predicted octanol–water partition coefficient (Wildman–Crippen LogP) is 0.644. The molecule has 0 bridgehead atoms. The van der Waals surface area contributed by atoms with Crippen molar-refractivity contribution < 1.29 is 14.6 Å². The third-order valence-corrected chi connectivity index (χ3v) is 2.75. The first-order valence-corrected chi connectivity index (χ1v) is 5.74. The van der Waals surface area contributed by atoms with Crippen molar-refractivity contribution in [1.29, 1.82) is 0 Å². The van der Waals surface area contributed by atoms with Crippen LogP contribution in [-0.2, 0) is 9.53 Å². The molecule has 1 heterocycles. The minimum atomic E-state index is 0.0869. The molecule has 0 aromatic rings. The van der Waals surface area contributed by atoms with Crippen LogP contribution in [0.1, 0.15) is 26.2 Å². The van der Waals surface area contributed by atoms with E-state index in [1.54, 1.807) is 0 Å². The molecule has 1 atom stereocenters. The van der Waals surface area contributed by atoms with Crippen molar-refractivity contribution in [2.24, 2.45) is 5.92 Å². The molecule has 0 saturated carbocycles. The number of amides is 1. The Kier molecular flexibility index (Phi) is 5.65. The normalized spacial score (nSPS) is 20.9. The molecule has 1 amide bonds. The highest BCUT2D eigenvalue weighted by Gasteiger charge is 2.25. The summed E-state index contributed by atoms with van der Waals surface area (Å²) in [4.78, 5) is 13.5. The zero-order chi connectivity index (χ0) is 11.1. The molecular formula is C11H21NO3. The molecule has 4 heteroatoms. The van der Waals surface area contributed by atoms with E-state index in [1.165, 1.54) is 0 Å². The second-order valence-corrected chi connectivity index (χ2v) is 4.06. The minimum Gasteiger partial charge on any atom is -0.396 e. The van der Waals surface area contributed by atoms with Crippen molar-refractivity contribution in [2.45, 2.75) is 26.2 Å². The van der Waals surface area contributed by atoms with Crippen LogP contribution in [0.4, 0.5) is 0 Å². The maximum Gasteiger partial charge on any atom is 0.248 e. The van der Waals surface area contributed by atoms with Gasteiger partial charge in [-0.2, -0.15) is 0 Å². The number of hydrogen-bond donors (Lipinski definition) is 1. The van der Waals surface area contributed by atoms with Crippen LogP contribution in [0.5, 0.6) is 0 Å². The number of aliphatic hydroxyl groups excluding tert-OH is 1. The number of aliphatic hydroxyl groups is 1. The number of carbonyl (C=O) groups excluding carboxylic acids is 1. The van der Waals surface area contributed by atoms with Gasteiger partial charge in [0, 0.05) is 26.3 Å². The molecule has 0 aliphatic carbocycles. The summed E-state index contributed by atoms with van der Waals surface area (Å²) in [7, 11) is 0. The Balaban J connectivity index is 2.18. The van der Waals surface area contributed by atoms with E-state index in [-0.39, 0.29) is 19.1 Å². The zero-order valence-corrected chi connectivity index (χ0v) is 9.45. The van der Waals surface area contributed by atoms with Crippen molar-refractivity contribution in [1.82, 2.24) is 4.90 Å². The smallest absolute Gasteiger partial charge is 0.248 e. The summed E-state index contributed by atoms with van der Waals surface area (Å²) >= 11 is 0. The summed E-state index contributed by atoms with van der Waals surface area (Å²) < 4.78 is 5.21. The third kappa shape index (κ3) is 4.18. The average molecular weight is 215 g/mol. The molecule has 0 spiro atoms. The van der Waals surface area contributed by atoms with Gasteiger partial charge in [-0.05, 0) is 25.2 Å². The molecule has 4 nitrogen and oxygen atoms in total. The number of ether oxygens (including phenoxy) is 1. The molecule has 0 aromatic heterocycles. The monoisotopic (exact) mass is 215 g/mol. The van der Waals surface area contributed by atoms with Crippen LogP contribution >= 0.6 is 0 Å². The molecule has 1 fully saturated rings. The van der Waals surface area contributed by atoms with Crippen LogP contribution < -0.4 is 0 Å². The van der Waals surface area contributed by atoms with Gasteiger partial charge in [0.15, 0.2) is 0 Å². The molecule has 88 valence electrons. The lowest BCUT2D eigenvalue weighted by atomic mass is 10.1. The van der Waals surface area contributed by atoms with E-state index >= 15 is 0 Å². The van der Waals surface area contributed by atoms with Crippen LogP contribution in [0.2, 0.25) is 0 Å². The van der Waals surface area contributed by atoms with Gasteiger partial charge in [-0.3, -0.25) is 4.79 Å². The van der Waals surface area contributed by atoms with Gasteiger partial charge >= 0.3 is 0 Å². The number of carbonyl (C=O) groups is 1. The van der Waals surface area contributed by atoms with E-state index < -0.39 is 0 Å². The van der Waals surface area contributed by atoms with Crippen molar-refractivity contribution in [3.63, 3.8) is 0 Å². The Bertz CT molecular complexity index is 196. The summed E-state index contributed by atoms with van der Waals surface area (Å²) in [6, 6.07) is 0. The topological polar surface area (TPSA) is 49.8 Å². The van der Waals surface area contributed by atoms with Crippen LogP contribution in [0.25, 0.3) is 0 Å². The summed E-state index contributed by atoms with van der Waals surface area (Å²) in [5.41, 5.74) is 0. The highest BCUT2D eigenvalue weighted by Crippen LogP contribution is 2.18. The van der Waals surface area contributed by atoms with E-state index in [0.717, 1.165) is 32.4 Å². The molecule has 1 aliphatic rings. The Labute approximate surface area is 91.2 Å². The molecular weight excluding hydrogens is 194 g/mol. The van der Waals surface area contributed by atoms with Gasteiger partial charge in [0.2, 0.25) is 5.91 Å². The first-order chi connectivity index (χ1) is 7.27. The van der Waals surface area contributed by atoms with Crippen molar-refractivity contribution >= 4 is 5.91 Å². The van der Waals surface area contributed by atoms with Gasteiger partial charge in [0.05, 0.1) is 0 Å². The summed E-state index contributed by atoms with van der Waals surface area (Å²) in [6.07, 6.45) is 2.76. The van der Waals surface area contributed by atoms with Crippen LogP contribution in [0.3, 0.4) is 0 Å². The summed E-state index contributed by atoms with van der Waals surface area (Å²) in [6.45, 7) is 4.71. The van der Waals surface area contributed by atoms with Crippen LogP contribution in [0.15, 0.2) is 0 Å². The van der Waals surface area contributed by atoms with E-state index in [4.69, 9.17) is 9.84 Å². The summed E-state index contributed by atoms with van der Waals surface area (Å²) in [5.74, 6) is 0.564. The first-order valence-electron chi connectivity index (χ1n) is 5.74. The van der Waals surface area contributed by atoms with Crippen molar-refractivity contribution in [3.8, 4) is 0 Å². The van der Waals surface area contributed by atoms with Crippen molar-refractivity contribution in [3.05, 3.63) is 0 Å². The van der Waals surface area contributed by atoms with Gasteiger partial charge < -0.3 is 14.7 Å². The lowest BCUT2D eigenvalue weighted by Gasteiger charge is -2.16. The first kappa shape index (κ1) is 12.5. The van der Waals surface area contributed by atoms with Gasteiger partial charge in [0.25, 0.3) is 0 Å². The number of likely N-dealkylation sites (tertiary alicyclic amines) is 1. The van der Waals surface area contributed by atoms with Gasteiger partial charge in [0.1, 0.15) is 6.61 Å². The highest BCUT2D eigenvalue weighted by molar-refractivity contribution is 5.77. The number of nitrogens with zero attached hydrogens (tertiary/aromatic N) is 1. The molecule has 0 aromatic carbocycles. The standard InChI is InChI=1S/C11H21NO3/c1-2-7-15-9-11(14)12-5-3-10(8-12)4-6-13/h10,13H,2-9H2,1H3. The molecule has 1 saturated heterocycles. The molecule has 0 radical (unpaired) electrons. The third-order valence-electron chi connectivity index (χ3n) is 2.75. The minimum absolute atomic E-state index is 0.0869. The van der Waals surface area contributed by atoms with Crippen LogP contribution in [-0.4, -0.2) is 48.8 Å². The molecule has 15 heavy (non-hydrogen) atoms. The van der Waals surface area contributed by atoms with E-state index in [1.807, 2.05) is 11.8 Å². The van der Waals surface area contributed by atoms with Gasteiger partial charge in [-0.15, -0.1) is 0 Å². The summed E-state index contributed by atoms with van der Waals surface area (Å²) in [5, 5.41) is 8.80. The van der Waals surface area contributed by atoms with E-state index in [2.05, 4.69) is 0 Å². The zero-order valence-electron chi connectivity index (χ0n) is 9.45. The van der Waals surface area contributed by atoms with Crippen LogP contribution in [0, 0.1) is 5.92 Å². The second kappa shape index (κ2) is 6.80. The van der Waals surface area contributed by atoms with E-state index in [9.17, 15) is 4.79 Å². The quantitative estimate of drug-likeness (QED) is 0.662. The number of rotatable bonds is 6. The highest BCUT2D eigenvalue weighted by atomic mass is 16.5. The molecule has 1 aliphatic heterocycles. The second-order valence-electron chi connectivity index (χ2n) is 4.06. The van der Waals surface area contributed by atoms with E-state index in [0.29, 0.717) is 12.5 Å². The maximum absolute atomic E-state index is 11.6. The van der Waals surface area contributed by atoms with Crippen molar-refractivity contribution in [2.75, 3.05) is 32.9 Å². The fraction of sp³-hybridized carbons (Fsp3) is 0.909. The Hall–Kier alpha value is -0.610. The fourth-order valence-electron chi connectivity index (χ4n) is 1.87. The average Bonchev–Trinajstić information content (AvgIpc) is 2.67. The maximum atomic E-state index is 11.6. The Morgan fingerprint density at radius 2 is 2.40 bits per heavy atom. The Morgan fingerprint density at radius 1 is 1.60 bits per heavy atom. The fourth-order valence-corrected chi connectivity index (χ4v) is 1.87. The van der Waals surface area contributed by atoms with Gasteiger partial charge in [-0.1, -0.05) is 6.92 Å². The SMILES string of the molecule is CCCOCC(=O)N1CCC(CCO)C1. The molecule has 1 rings (SSSR count). The largest absolute Gasteiger partial charge is 0.396 e. The molecule has 1 N–H and O–H groups in total. The lowest BCUT2D eigenvalue weighted by Crippen LogP contribution is -2.32. The molecule has 1 unspecified atom stereocenters. The lowest BCUT2D eigenvalue weighted by molar-refractivity contribution is -0.135. The Morgan fingerprint density at radius 3 is 3.07 bits per heavy atom. The van der Waals surface area contributed by atoms with Gasteiger partial charge in [-0.25, -0.2) is 0 Å².